The Labute approximate surface area is 162 Å². The molecule has 1 saturated heterocycles. The number of nitrogen functional groups attached to an aromatic ring is 1. The van der Waals surface area contributed by atoms with Gasteiger partial charge in [0.1, 0.15) is 17.9 Å². The van der Waals surface area contributed by atoms with Crippen molar-refractivity contribution >= 4 is 28.5 Å². The van der Waals surface area contributed by atoms with Gasteiger partial charge in [0, 0.05) is 35.2 Å². The third-order valence-electron chi connectivity index (χ3n) is 5.46. The van der Waals surface area contributed by atoms with Crippen LogP contribution >= 0.6 is 11.6 Å². The fraction of sp³-hybridized carbons (Fsp3) is 0.421. The van der Waals surface area contributed by atoms with Crippen molar-refractivity contribution in [3.8, 4) is 5.75 Å². The van der Waals surface area contributed by atoms with E-state index in [1.165, 1.54) is 11.9 Å². The average Bonchev–Trinajstić information content (AvgIpc) is 2.94. The minimum Gasteiger partial charge on any atom is -0.496 e. The number of rotatable bonds is 4. The summed E-state index contributed by atoms with van der Waals surface area (Å²) in [6.07, 6.45) is 1.47. The number of methoxy groups -OCH3 is 1. The van der Waals surface area contributed by atoms with Crippen molar-refractivity contribution in [1.29, 1.82) is 0 Å². The summed E-state index contributed by atoms with van der Waals surface area (Å²) in [6.45, 7) is 7.89. The van der Waals surface area contributed by atoms with Crippen LogP contribution in [0.15, 0.2) is 12.4 Å². The standard InChI is InChI=1S/C19H23ClN6O/c1-9-14(20)5-13(17(27-4)15(9)12-6-22-7-12)11(3)26-19-16(10(2)25-26)18(21)23-8-24-19/h5,8,11-12,22H,6-7H2,1-4H3,(H2,21,23,24)/t11-/m1/s1. The third kappa shape index (κ3) is 2.73. The van der Waals surface area contributed by atoms with E-state index in [0.717, 1.165) is 46.1 Å². The number of hydrogen-bond acceptors (Lipinski definition) is 6. The zero-order chi connectivity index (χ0) is 19.3. The number of hydrogen-bond donors (Lipinski definition) is 2. The number of anilines is 1. The highest BCUT2D eigenvalue weighted by Gasteiger charge is 2.30. The number of aryl methyl sites for hydroxylation is 1. The predicted octanol–water partition coefficient (Wildman–Crippen LogP) is 2.98. The molecule has 1 fully saturated rings. The molecule has 1 aliphatic heterocycles. The maximum atomic E-state index is 6.60. The van der Waals surface area contributed by atoms with E-state index < -0.39 is 0 Å². The van der Waals surface area contributed by atoms with E-state index in [9.17, 15) is 0 Å². The maximum Gasteiger partial charge on any atom is 0.164 e. The molecule has 1 aromatic carbocycles. The molecule has 142 valence electrons. The number of aromatic nitrogens is 4. The number of benzene rings is 1. The van der Waals surface area contributed by atoms with Crippen LogP contribution in [0.25, 0.3) is 11.0 Å². The van der Waals surface area contributed by atoms with Crippen LogP contribution in [-0.2, 0) is 0 Å². The van der Waals surface area contributed by atoms with Crippen LogP contribution in [-0.4, -0.2) is 39.9 Å². The number of nitrogens with two attached hydrogens (primary N) is 1. The van der Waals surface area contributed by atoms with Gasteiger partial charge in [0.05, 0.1) is 24.2 Å². The summed E-state index contributed by atoms with van der Waals surface area (Å²) < 4.78 is 7.74. The van der Waals surface area contributed by atoms with E-state index in [-0.39, 0.29) is 6.04 Å². The Hall–Kier alpha value is -2.38. The molecule has 0 amide bonds. The monoisotopic (exact) mass is 386 g/mol. The molecule has 0 radical (unpaired) electrons. The van der Waals surface area contributed by atoms with Gasteiger partial charge in [-0.15, -0.1) is 0 Å². The molecule has 3 aromatic rings. The summed E-state index contributed by atoms with van der Waals surface area (Å²) in [4.78, 5) is 8.50. The molecule has 0 saturated carbocycles. The van der Waals surface area contributed by atoms with Gasteiger partial charge in [0.25, 0.3) is 0 Å². The van der Waals surface area contributed by atoms with E-state index in [4.69, 9.17) is 22.1 Å². The van der Waals surface area contributed by atoms with Crippen molar-refractivity contribution < 1.29 is 4.74 Å². The molecule has 2 aromatic heterocycles. The molecule has 1 aliphatic rings. The van der Waals surface area contributed by atoms with E-state index >= 15 is 0 Å². The molecular formula is C19H23ClN6O. The second kappa shape index (κ2) is 6.65. The van der Waals surface area contributed by atoms with Crippen LogP contribution in [0.3, 0.4) is 0 Å². The predicted molar refractivity (Wildman–Crippen MR) is 107 cm³/mol. The van der Waals surface area contributed by atoms with E-state index in [0.29, 0.717) is 17.4 Å². The van der Waals surface area contributed by atoms with Gasteiger partial charge in [-0.3, -0.25) is 0 Å². The van der Waals surface area contributed by atoms with Gasteiger partial charge in [0.15, 0.2) is 5.65 Å². The summed E-state index contributed by atoms with van der Waals surface area (Å²) in [5.74, 6) is 1.71. The van der Waals surface area contributed by atoms with Gasteiger partial charge < -0.3 is 15.8 Å². The first kappa shape index (κ1) is 18.0. The normalized spacial score (nSPS) is 15.7. The van der Waals surface area contributed by atoms with Gasteiger partial charge in [-0.1, -0.05) is 11.6 Å². The van der Waals surface area contributed by atoms with E-state index in [1.54, 1.807) is 7.11 Å². The smallest absolute Gasteiger partial charge is 0.164 e. The van der Waals surface area contributed by atoms with Crippen LogP contribution < -0.4 is 15.8 Å². The van der Waals surface area contributed by atoms with Crippen LogP contribution in [0.2, 0.25) is 5.02 Å². The molecule has 0 bridgehead atoms. The summed E-state index contributed by atoms with van der Waals surface area (Å²) in [7, 11) is 1.71. The van der Waals surface area contributed by atoms with Crippen LogP contribution in [0.4, 0.5) is 5.82 Å². The number of nitrogens with one attached hydrogen (secondary N) is 1. The molecule has 1 atom stereocenters. The number of nitrogens with zero attached hydrogens (tertiary/aromatic N) is 4. The quantitative estimate of drug-likeness (QED) is 0.716. The van der Waals surface area contributed by atoms with Crippen molar-refractivity contribution in [3.63, 3.8) is 0 Å². The Balaban J connectivity index is 1.91. The molecule has 0 spiro atoms. The number of halogens is 1. The summed E-state index contributed by atoms with van der Waals surface area (Å²) in [5.41, 5.74) is 10.8. The Morgan fingerprint density at radius 2 is 2.07 bits per heavy atom. The molecule has 27 heavy (non-hydrogen) atoms. The molecule has 0 unspecified atom stereocenters. The number of ether oxygens (including phenoxy) is 1. The lowest BCUT2D eigenvalue weighted by Gasteiger charge is -2.32. The lowest BCUT2D eigenvalue weighted by Crippen LogP contribution is -2.40. The topological polar surface area (TPSA) is 90.9 Å². The second-order valence-electron chi connectivity index (χ2n) is 7.04. The SMILES string of the molecule is COc1c([C@@H](C)n2nc(C)c3c(N)ncnc32)cc(Cl)c(C)c1C1CNC1. The van der Waals surface area contributed by atoms with Crippen molar-refractivity contribution in [2.45, 2.75) is 32.7 Å². The highest BCUT2D eigenvalue weighted by molar-refractivity contribution is 6.31. The Morgan fingerprint density at radius 1 is 1.33 bits per heavy atom. The van der Waals surface area contributed by atoms with Gasteiger partial charge in [-0.25, -0.2) is 14.6 Å². The summed E-state index contributed by atoms with van der Waals surface area (Å²) in [6, 6.07) is 1.85. The molecule has 7 nitrogen and oxygen atoms in total. The molecule has 8 heteroatoms. The number of fused-ring (bicyclic) bond motifs is 1. The van der Waals surface area contributed by atoms with Gasteiger partial charge >= 0.3 is 0 Å². The first-order valence-corrected chi connectivity index (χ1v) is 9.34. The Morgan fingerprint density at radius 3 is 2.70 bits per heavy atom. The largest absolute Gasteiger partial charge is 0.496 e. The second-order valence-corrected chi connectivity index (χ2v) is 7.45. The first-order valence-electron chi connectivity index (χ1n) is 8.96. The van der Waals surface area contributed by atoms with Crippen molar-refractivity contribution in [3.05, 3.63) is 39.8 Å². The minimum atomic E-state index is -0.129. The molecular weight excluding hydrogens is 364 g/mol. The van der Waals surface area contributed by atoms with Crippen LogP contribution in [0.5, 0.6) is 5.75 Å². The fourth-order valence-electron chi connectivity index (χ4n) is 3.86. The van der Waals surface area contributed by atoms with Crippen molar-refractivity contribution in [1.82, 2.24) is 25.1 Å². The maximum absolute atomic E-state index is 6.60. The van der Waals surface area contributed by atoms with Gasteiger partial charge in [-0.2, -0.15) is 5.10 Å². The lowest BCUT2D eigenvalue weighted by atomic mass is 9.86. The van der Waals surface area contributed by atoms with Gasteiger partial charge in [0.2, 0.25) is 0 Å². The lowest BCUT2D eigenvalue weighted by molar-refractivity contribution is 0.374. The molecule has 0 aliphatic carbocycles. The fourth-order valence-corrected chi connectivity index (χ4v) is 4.08. The highest BCUT2D eigenvalue weighted by atomic mass is 35.5. The Bertz CT molecular complexity index is 1030. The van der Waals surface area contributed by atoms with Crippen LogP contribution in [0.1, 0.15) is 41.3 Å². The minimum absolute atomic E-state index is 0.129. The highest BCUT2D eigenvalue weighted by Crippen LogP contribution is 2.42. The zero-order valence-corrected chi connectivity index (χ0v) is 16.6. The summed E-state index contributed by atoms with van der Waals surface area (Å²) in [5, 5.41) is 9.53. The van der Waals surface area contributed by atoms with Crippen molar-refractivity contribution in [2.24, 2.45) is 0 Å². The average molecular weight is 387 g/mol. The van der Waals surface area contributed by atoms with Crippen molar-refractivity contribution in [2.75, 3.05) is 25.9 Å². The summed E-state index contributed by atoms with van der Waals surface area (Å²) >= 11 is 6.60. The molecule has 3 heterocycles. The first-order chi connectivity index (χ1) is 12.9. The Kier molecular flexibility index (Phi) is 4.44. The van der Waals surface area contributed by atoms with E-state index in [1.807, 2.05) is 24.6 Å². The van der Waals surface area contributed by atoms with E-state index in [2.05, 4.69) is 27.3 Å². The molecule has 4 rings (SSSR count). The van der Waals surface area contributed by atoms with Crippen LogP contribution in [0, 0.1) is 13.8 Å². The third-order valence-corrected chi connectivity index (χ3v) is 5.85. The molecule has 3 N–H and O–H groups in total. The zero-order valence-electron chi connectivity index (χ0n) is 15.9. The van der Waals surface area contributed by atoms with Gasteiger partial charge in [-0.05, 0) is 32.4 Å².